The van der Waals surface area contributed by atoms with Gasteiger partial charge in [-0.25, -0.2) is 23.8 Å². The van der Waals surface area contributed by atoms with E-state index in [-0.39, 0.29) is 16.9 Å². The molecule has 8 nitrogen and oxygen atoms in total. The fraction of sp³-hybridized carbons (Fsp3) is 0.304. The SMILES string of the molecule is CCc1c(-c2ccc(-n3c(C)nn(C)c3=O)cc2)n(C)c2nc(C(F)(F)F)cc(C(=O)OC)c12. The van der Waals surface area contributed by atoms with E-state index >= 15 is 0 Å². The number of carbonyl (C=O) groups excluding carboxylic acids is 1. The number of ether oxygens (including phenoxy) is 1. The number of aromatic nitrogens is 5. The number of nitrogens with zero attached hydrogens (tertiary/aromatic N) is 5. The normalized spacial score (nSPS) is 11.9. The lowest BCUT2D eigenvalue weighted by molar-refractivity contribution is -0.141. The number of benzene rings is 1. The zero-order chi connectivity index (χ0) is 24.9. The number of carbonyl (C=O) groups is 1. The average molecular weight is 473 g/mol. The molecule has 3 aromatic heterocycles. The highest BCUT2D eigenvalue weighted by Crippen LogP contribution is 2.38. The number of aryl methyl sites for hydroxylation is 4. The third-order valence-electron chi connectivity index (χ3n) is 5.78. The van der Waals surface area contributed by atoms with Crippen molar-refractivity contribution in [1.29, 1.82) is 0 Å². The Morgan fingerprint density at radius 3 is 2.29 bits per heavy atom. The van der Waals surface area contributed by atoms with Gasteiger partial charge < -0.3 is 9.30 Å². The second-order valence-corrected chi connectivity index (χ2v) is 7.82. The summed E-state index contributed by atoms with van der Waals surface area (Å²) in [7, 11) is 4.29. The molecule has 3 heterocycles. The first kappa shape index (κ1) is 23.3. The van der Waals surface area contributed by atoms with Crippen molar-refractivity contribution in [1.82, 2.24) is 23.9 Å². The molecule has 0 amide bonds. The lowest BCUT2D eigenvalue weighted by Crippen LogP contribution is -2.21. The largest absolute Gasteiger partial charge is 0.465 e. The summed E-state index contributed by atoms with van der Waals surface area (Å²) in [5.74, 6) is -0.350. The number of methoxy groups -OCH3 is 1. The summed E-state index contributed by atoms with van der Waals surface area (Å²) < 4.78 is 49.6. The highest BCUT2D eigenvalue weighted by Gasteiger charge is 2.36. The number of halogens is 3. The van der Waals surface area contributed by atoms with Crippen LogP contribution in [0.2, 0.25) is 0 Å². The monoisotopic (exact) mass is 473 g/mol. The maximum Gasteiger partial charge on any atom is 0.433 e. The van der Waals surface area contributed by atoms with Crippen LogP contribution in [0, 0.1) is 6.92 Å². The van der Waals surface area contributed by atoms with Gasteiger partial charge in [-0.3, -0.25) is 0 Å². The number of hydrogen-bond acceptors (Lipinski definition) is 5. The Balaban J connectivity index is 1.97. The van der Waals surface area contributed by atoms with Crippen molar-refractivity contribution < 1.29 is 22.7 Å². The lowest BCUT2D eigenvalue weighted by atomic mass is 10.0. The van der Waals surface area contributed by atoms with Gasteiger partial charge in [-0.2, -0.15) is 18.3 Å². The van der Waals surface area contributed by atoms with E-state index in [0.29, 0.717) is 40.1 Å². The van der Waals surface area contributed by atoms with Crippen LogP contribution in [0.4, 0.5) is 13.2 Å². The first-order valence-corrected chi connectivity index (χ1v) is 10.4. The standard InChI is InChI=1S/C23H22F3N5O3/c1-6-15-18-16(21(32)34-5)11-17(23(24,25)26)27-20(18)29(3)19(15)13-7-9-14(10-8-13)31-12(2)28-30(4)22(31)33/h7-11H,6H2,1-5H3. The lowest BCUT2D eigenvalue weighted by Gasteiger charge is -2.10. The molecule has 0 fully saturated rings. The van der Waals surface area contributed by atoms with Crippen LogP contribution in [0.5, 0.6) is 0 Å². The summed E-state index contributed by atoms with van der Waals surface area (Å²) in [6, 6.07) is 7.74. The first-order chi connectivity index (χ1) is 16.0. The third kappa shape index (κ3) is 3.57. The Kier molecular flexibility index (Phi) is 5.58. The van der Waals surface area contributed by atoms with E-state index in [2.05, 4.69) is 10.1 Å². The molecule has 0 saturated carbocycles. The molecular weight excluding hydrogens is 451 g/mol. The molecule has 0 atom stereocenters. The van der Waals surface area contributed by atoms with Gasteiger partial charge >= 0.3 is 17.8 Å². The molecule has 1 aromatic carbocycles. The van der Waals surface area contributed by atoms with Crippen molar-refractivity contribution in [2.75, 3.05) is 7.11 Å². The van der Waals surface area contributed by atoms with Crippen molar-refractivity contribution in [2.45, 2.75) is 26.4 Å². The molecule has 0 N–H and O–H groups in total. The van der Waals surface area contributed by atoms with Gasteiger partial charge in [-0.05, 0) is 42.7 Å². The highest BCUT2D eigenvalue weighted by atomic mass is 19.4. The summed E-state index contributed by atoms with van der Waals surface area (Å²) in [5, 5.41) is 4.44. The summed E-state index contributed by atoms with van der Waals surface area (Å²) in [6.07, 6.45) is -4.29. The number of fused-ring (bicyclic) bond motifs is 1. The molecule has 0 radical (unpaired) electrons. The van der Waals surface area contributed by atoms with E-state index in [1.165, 1.54) is 9.25 Å². The minimum absolute atomic E-state index is 0.0328. The minimum Gasteiger partial charge on any atom is -0.465 e. The molecule has 34 heavy (non-hydrogen) atoms. The number of alkyl halides is 3. The molecule has 0 spiro atoms. The Morgan fingerprint density at radius 1 is 1.15 bits per heavy atom. The Bertz CT molecular complexity index is 1480. The molecule has 178 valence electrons. The van der Waals surface area contributed by atoms with Gasteiger partial charge in [0.05, 0.1) is 24.1 Å². The molecule has 11 heteroatoms. The van der Waals surface area contributed by atoms with Crippen LogP contribution in [0.25, 0.3) is 28.0 Å². The van der Waals surface area contributed by atoms with Gasteiger partial charge in [-0.15, -0.1) is 0 Å². The van der Waals surface area contributed by atoms with Gasteiger partial charge in [0.1, 0.15) is 17.2 Å². The van der Waals surface area contributed by atoms with E-state index < -0.39 is 17.8 Å². The molecule has 4 rings (SSSR count). The topological polar surface area (TPSA) is 83.9 Å². The van der Waals surface area contributed by atoms with E-state index in [1.807, 2.05) is 6.92 Å². The molecule has 4 aromatic rings. The Labute approximate surface area is 192 Å². The van der Waals surface area contributed by atoms with Crippen molar-refractivity contribution in [3.05, 3.63) is 63.5 Å². The average Bonchev–Trinajstić information content (AvgIpc) is 3.23. The van der Waals surface area contributed by atoms with Crippen molar-refractivity contribution in [3.8, 4) is 16.9 Å². The second kappa shape index (κ2) is 8.15. The second-order valence-electron chi connectivity index (χ2n) is 7.82. The number of rotatable bonds is 4. The van der Waals surface area contributed by atoms with Crippen LogP contribution in [0.15, 0.2) is 35.1 Å². The Hall–Kier alpha value is -3.89. The summed E-state index contributed by atoms with van der Waals surface area (Å²) in [6.45, 7) is 3.57. The van der Waals surface area contributed by atoms with Crippen LogP contribution in [-0.4, -0.2) is 37.0 Å². The van der Waals surface area contributed by atoms with Crippen LogP contribution in [-0.2, 0) is 31.4 Å². The predicted octanol–water partition coefficient (Wildman–Crippen LogP) is 3.80. The highest BCUT2D eigenvalue weighted by molar-refractivity contribution is 6.06. The first-order valence-electron chi connectivity index (χ1n) is 10.4. The molecule has 0 aliphatic rings. The zero-order valence-electron chi connectivity index (χ0n) is 19.2. The van der Waals surface area contributed by atoms with Gasteiger partial charge in [0.2, 0.25) is 0 Å². The van der Waals surface area contributed by atoms with Crippen LogP contribution in [0.3, 0.4) is 0 Å². The van der Waals surface area contributed by atoms with Gasteiger partial charge in [0.25, 0.3) is 0 Å². The predicted molar refractivity (Wildman–Crippen MR) is 119 cm³/mol. The zero-order valence-corrected chi connectivity index (χ0v) is 19.2. The van der Waals surface area contributed by atoms with E-state index in [0.717, 1.165) is 13.2 Å². The maximum absolute atomic E-state index is 13.5. The maximum atomic E-state index is 13.5. The van der Waals surface area contributed by atoms with Crippen LogP contribution < -0.4 is 5.69 Å². The molecular formula is C23H22F3N5O3. The third-order valence-corrected chi connectivity index (χ3v) is 5.78. The molecule has 0 bridgehead atoms. The summed E-state index contributed by atoms with van der Waals surface area (Å²) >= 11 is 0. The van der Waals surface area contributed by atoms with Crippen molar-refractivity contribution in [3.63, 3.8) is 0 Å². The van der Waals surface area contributed by atoms with Crippen molar-refractivity contribution in [2.24, 2.45) is 14.1 Å². The molecule has 0 saturated heterocycles. The minimum atomic E-state index is -4.73. The van der Waals surface area contributed by atoms with E-state index in [4.69, 9.17) is 4.74 Å². The van der Waals surface area contributed by atoms with Crippen molar-refractivity contribution >= 4 is 17.0 Å². The summed E-state index contributed by atoms with van der Waals surface area (Å²) in [4.78, 5) is 28.7. The fourth-order valence-electron chi connectivity index (χ4n) is 4.28. The number of esters is 1. The number of pyridine rings is 1. The van der Waals surface area contributed by atoms with Gasteiger partial charge in [0, 0.05) is 19.5 Å². The molecule has 0 unspecified atom stereocenters. The molecule has 0 aliphatic carbocycles. The number of hydrogen-bond donors (Lipinski definition) is 0. The molecule has 0 aliphatic heterocycles. The van der Waals surface area contributed by atoms with Crippen LogP contribution in [0.1, 0.15) is 34.4 Å². The van der Waals surface area contributed by atoms with Gasteiger partial charge in [0.15, 0.2) is 0 Å². The van der Waals surface area contributed by atoms with E-state index in [9.17, 15) is 22.8 Å². The van der Waals surface area contributed by atoms with E-state index in [1.54, 1.807) is 49.9 Å². The Morgan fingerprint density at radius 2 is 1.79 bits per heavy atom. The summed E-state index contributed by atoms with van der Waals surface area (Å²) in [5.41, 5.74) is 0.965. The van der Waals surface area contributed by atoms with Crippen LogP contribution >= 0.6 is 0 Å². The van der Waals surface area contributed by atoms with Gasteiger partial charge in [-0.1, -0.05) is 19.1 Å². The quantitative estimate of drug-likeness (QED) is 0.421. The smallest absolute Gasteiger partial charge is 0.433 e. The fourth-order valence-corrected chi connectivity index (χ4v) is 4.28.